The number of aliphatic imine (C=N–C) groups is 1. The number of aryl methyl sites for hydroxylation is 2. The molecule has 0 bridgehead atoms. The lowest BCUT2D eigenvalue weighted by Gasteiger charge is -2.41. The number of likely N-dealkylation sites (tertiary alicyclic amines) is 1. The molecule has 3 atom stereocenters. The number of rotatable bonds is 10. The zero-order valence-corrected chi connectivity index (χ0v) is 24.9. The Labute approximate surface area is 240 Å². The molecule has 2 aliphatic heterocycles. The molecule has 3 aromatic carbocycles. The number of ether oxygens (including phenoxy) is 2. The molecular formula is C35H45N3O2. The van der Waals surface area contributed by atoms with E-state index in [1.165, 1.54) is 41.5 Å². The van der Waals surface area contributed by atoms with Gasteiger partial charge < -0.3 is 14.4 Å². The van der Waals surface area contributed by atoms with Crippen LogP contribution in [0.25, 0.3) is 0 Å². The lowest BCUT2D eigenvalue weighted by atomic mass is 9.92. The Balaban J connectivity index is 1.62. The summed E-state index contributed by atoms with van der Waals surface area (Å²) in [6, 6.07) is 24.5. The Morgan fingerprint density at radius 3 is 2.25 bits per heavy atom. The molecule has 5 heteroatoms. The number of nitrogens with zero attached hydrogens (tertiary/aromatic N) is 3. The van der Waals surface area contributed by atoms with Crippen molar-refractivity contribution in [2.24, 2.45) is 4.99 Å². The van der Waals surface area contributed by atoms with Crippen LogP contribution < -0.4 is 9.47 Å². The molecule has 5 rings (SSSR count). The minimum absolute atomic E-state index is 0.0621. The molecule has 5 nitrogen and oxygen atoms in total. The fraction of sp³-hybridized carbons (Fsp3) is 0.457. The Morgan fingerprint density at radius 1 is 0.850 bits per heavy atom. The van der Waals surface area contributed by atoms with Crippen molar-refractivity contribution in [3.63, 3.8) is 0 Å². The first-order valence-corrected chi connectivity index (χ1v) is 15.1. The maximum Gasteiger partial charge on any atom is 0.132 e. The molecule has 0 aliphatic carbocycles. The SMILES string of the molecule is CCc1cccc(CC)c1C1=NC(c2cc(OC)ccc2OC)C(CN2CCCCC2c2ccccc2)N1CC. The zero-order chi connectivity index (χ0) is 28.1. The normalized spacial score (nSPS) is 21.4. The van der Waals surface area contributed by atoms with Crippen molar-refractivity contribution < 1.29 is 9.47 Å². The van der Waals surface area contributed by atoms with Crippen LogP contribution in [-0.4, -0.2) is 55.5 Å². The molecule has 0 amide bonds. The van der Waals surface area contributed by atoms with E-state index in [4.69, 9.17) is 14.5 Å². The maximum absolute atomic E-state index is 5.93. The highest BCUT2D eigenvalue weighted by Crippen LogP contribution is 2.42. The first kappa shape index (κ1) is 28.2. The summed E-state index contributed by atoms with van der Waals surface area (Å²) in [5.74, 6) is 2.84. The van der Waals surface area contributed by atoms with Gasteiger partial charge >= 0.3 is 0 Å². The van der Waals surface area contributed by atoms with Crippen molar-refractivity contribution in [3.05, 3.63) is 94.5 Å². The van der Waals surface area contributed by atoms with Gasteiger partial charge in [0.2, 0.25) is 0 Å². The van der Waals surface area contributed by atoms with Crippen LogP contribution in [0.15, 0.2) is 71.7 Å². The highest BCUT2D eigenvalue weighted by molar-refractivity contribution is 6.03. The van der Waals surface area contributed by atoms with Crippen LogP contribution in [0.2, 0.25) is 0 Å². The molecule has 0 aromatic heterocycles. The Hall–Kier alpha value is -3.31. The predicted octanol–water partition coefficient (Wildman–Crippen LogP) is 7.25. The van der Waals surface area contributed by atoms with E-state index in [2.05, 4.69) is 85.2 Å². The third-order valence-electron chi connectivity index (χ3n) is 8.84. The summed E-state index contributed by atoms with van der Waals surface area (Å²) in [7, 11) is 3.49. The fourth-order valence-corrected chi connectivity index (χ4v) is 6.79. The monoisotopic (exact) mass is 539 g/mol. The van der Waals surface area contributed by atoms with E-state index >= 15 is 0 Å². The van der Waals surface area contributed by atoms with Gasteiger partial charge in [0.15, 0.2) is 0 Å². The summed E-state index contributed by atoms with van der Waals surface area (Å²) in [6.07, 6.45) is 5.68. The smallest absolute Gasteiger partial charge is 0.132 e. The molecule has 2 heterocycles. The van der Waals surface area contributed by atoms with E-state index in [0.717, 1.165) is 55.4 Å². The van der Waals surface area contributed by atoms with Gasteiger partial charge in [-0.15, -0.1) is 0 Å². The summed E-state index contributed by atoms with van der Waals surface area (Å²) >= 11 is 0. The largest absolute Gasteiger partial charge is 0.497 e. The first-order valence-electron chi connectivity index (χ1n) is 15.1. The lowest BCUT2D eigenvalue weighted by Crippen LogP contribution is -2.48. The number of methoxy groups -OCH3 is 2. The van der Waals surface area contributed by atoms with Gasteiger partial charge in [-0.2, -0.15) is 0 Å². The van der Waals surface area contributed by atoms with Crippen LogP contribution in [0.5, 0.6) is 11.5 Å². The van der Waals surface area contributed by atoms with Gasteiger partial charge in [0.05, 0.1) is 20.3 Å². The van der Waals surface area contributed by atoms with Gasteiger partial charge in [-0.25, -0.2) is 0 Å². The van der Waals surface area contributed by atoms with Gasteiger partial charge in [0.25, 0.3) is 0 Å². The van der Waals surface area contributed by atoms with E-state index in [1.807, 2.05) is 12.1 Å². The summed E-state index contributed by atoms with van der Waals surface area (Å²) in [5.41, 5.74) is 6.58. The number of hydrogen-bond acceptors (Lipinski definition) is 5. The molecule has 212 valence electrons. The second-order valence-corrected chi connectivity index (χ2v) is 10.9. The Bertz CT molecular complexity index is 1280. The molecule has 0 spiro atoms. The second-order valence-electron chi connectivity index (χ2n) is 10.9. The topological polar surface area (TPSA) is 37.3 Å². The van der Waals surface area contributed by atoms with Crippen molar-refractivity contribution in [3.8, 4) is 11.5 Å². The van der Waals surface area contributed by atoms with Crippen LogP contribution >= 0.6 is 0 Å². The van der Waals surface area contributed by atoms with Gasteiger partial charge in [-0.05, 0) is 74.0 Å². The average Bonchev–Trinajstić information content (AvgIpc) is 3.38. The Kier molecular flexibility index (Phi) is 9.11. The van der Waals surface area contributed by atoms with Gasteiger partial charge in [0, 0.05) is 30.3 Å². The van der Waals surface area contributed by atoms with Crippen molar-refractivity contribution >= 4 is 5.84 Å². The molecule has 0 N–H and O–H groups in total. The van der Waals surface area contributed by atoms with E-state index < -0.39 is 0 Å². The van der Waals surface area contributed by atoms with E-state index in [0.29, 0.717) is 6.04 Å². The molecule has 1 saturated heterocycles. The van der Waals surface area contributed by atoms with E-state index in [9.17, 15) is 0 Å². The molecule has 0 saturated carbocycles. The van der Waals surface area contributed by atoms with Gasteiger partial charge in [0.1, 0.15) is 23.4 Å². The molecule has 40 heavy (non-hydrogen) atoms. The molecular weight excluding hydrogens is 494 g/mol. The summed E-state index contributed by atoms with van der Waals surface area (Å²) in [6.45, 7) is 9.73. The summed E-state index contributed by atoms with van der Waals surface area (Å²) < 4.78 is 11.6. The third-order valence-corrected chi connectivity index (χ3v) is 8.84. The number of benzene rings is 3. The standard InChI is InChI=1S/C35H45N3O2/c1-6-25-17-14-18-26(7-2)33(25)35-36-34(29-23-28(39-4)20-21-32(29)40-5)31(38(35)8-3)24-37-22-13-12-19-30(37)27-15-10-9-11-16-27/h9-11,14-18,20-21,23,30-31,34H,6-8,12-13,19,22,24H2,1-5H3. The Morgan fingerprint density at radius 2 is 1.60 bits per heavy atom. The highest BCUT2D eigenvalue weighted by Gasteiger charge is 2.41. The molecule has 0 radical (unpaired) electrons. The highest BCUT2D eigenvalue weighted by atomic mass is 16.5. The lowest BCUT2D eigenvalue weighted by molar-refractivity contribution is 0.110. The van der Waals surface area contributed by atoms with Crippen LogP contribution in [0.4, 0.5) is 0 Å². The predicted molar refractivity (Wildman–Crippen MR) is 165 cm³/mol. The van der Waals surface area contributed by atoms with Crippen molar-refractivity contribution in [1.29, 1.82) is 0 Å². The number of likely N-dealkylation sites (N-methyl/N-ethyl adjacent to an activating group) is 1. The molecule has 3 aromatic rings. The van der Waals surface area contributed by atoms with Crippen molar-refractivity contribution in [2.75, 3.05) is 33.9 Å². The number of amidine groups is 1. The maximum atomic E-state index is 5.93. The van der Waals surface area contributed by atoms with Gasteiger partial charge in [-0.1, -0.05) is 68.8 Å². The zero-order valence-electron chi connectivity index (χ0n) is 24.9. The second kappa shape index (κ2) is 12.9. The minimum atomic E-state index is -0.0621. The quantitative estimate of drug-likeness (QED) is 0.272. The van der Waals surface area contributed by atoms with Gasteiger partial charge in [-0.3, -0.25) is 9.89 Å². The fourth-order valence-electron chi connectivity index (χ4n) is 6.79. The first-order chi connectivity index (χ1) is 19.6. The molecule has 1 fully saturated rings. The third kappa shape index (κ3) is 5.49. The number of hydrogen-bond donors (Lipinski definition) is 0. The van der Waals surface area contributed by atoms with Crippen LogP contribution in [0.3, 0.4) is 0 Å². The minimum Gasteiger partial charge on any atom is -0.497 e. The van der Waals surface area contributed by atoms with Crippen molar-refractivity contribution in [1.82, 2.24) is 9.80 Å². The summed E-state index contributed by atoms with van der Waals surface area (Å²) in [4.78, 5) is 10.9. The molecule has 3 unspecified atom stereocenters. The number of piperidine rings is 1. The van der Waals surface area contributed by atoms with Crippen LogP contribution in [0.1, 0.15) is 79.9 Å². The van der Waals surface area contributed by atoms with Crippen LogP contribution in [-0.2, 0) is 12.8 Å². The average molecular weight is 540 g/mol. The van der Waals surface area contributed by atoms with Crippen molar-refractivity contribution in [2.45, 2.75) is 71.0 Å². The molecule has 2 aliphatic rings. The van der Waals surface area contributed by atoms with E-state index in [1.54, 1.807) is 14.2 Å². The van der Waals surface area contributed by atoms with E-state index in [-0.39, 0.29) is 12.1 Å². The summed E-state index contributed by atoms with van der Waals surface area (Å²) in [5, 5.41) is 0. The van der Waals surface area contributed by atoms with Crippen LogP contribution in [0, 0.1) is 0 Å².